The van der Waals surface area contributed by atoms with Gasteiger partial charge in [0.1, 0.15) is 0 Å². The number of hydrogen-bond acceptors (Lipinski definition) is 4. The van der Waals surface area contributed by atoms with E-state index in [-0.39, 0.29) is 5.78 Å². The summed E-state index contributed by atoms with van der Waals surface area (Å²) in [5.74, 6) is -0.357. The van der Waals surface area contributed by atoms with Crippen LogP contribution in [-0.2, 0) is 9.59 Å². The maximum atomic E-state index is 11.2. The van der Waals surface area contributed by atoms with Gasteiger partial charge in [0, 0.05) is 12.4 Å². The van der Waals surface area contributed by atoms with Gasteiger partial charge in [0.25, 0.3) is 5.91 Å². The van der Waals surface area contributed by atoms with E-state index in [1.807, 2.05) is 0 Å². The van der Waals surface area contributed by atoms with Gasteiger partial charge in [0.2, 0.25) is 5.96 Å². The highest BCUT2D eigenvalue weighted by molar-refractivity contribution is 6.17. The molecule has 1 atom stereocenters. The lowest BCUT2D eigenvalue weighted by Gasteiger charge is -2.19. The molecule has 2 heterocycles. The predicted molar refractivity (Wildman–Crippen MR) is 46.4 cm³/mol. The highest BCUT2D eigenvalue weighted by Crippen LogP contribution is 2.16. The van der Waals surface area contributed by atoms with Gasteiger partial charge >= 0.3 is 0 Å². The van der Waals surface area contributed by atoms with Crippen molar-refractivity contribution in [3.63, 3.8) is 0 Å². The second kappa shape index (κ2) is 2.62. The molecule has 0 aliphatic carbocycles. The fraction of sp³-hybridized carbons (Fsp3) is 0.250. The predicted octanol–water partition coefficient (Wildman–Crippen LogP) is -0.260. The van der Waals surface area contributed by atoms with Gasteiger partial charge in [0.15, 0.2) is 11.8 Å². The molecule has 2 rings (SSSR count). The lowest BCUT2D eigenvalue weighted by Crippen LogP contribution is -2.39. The van der Waals surface area contributed by atoms with Crippen LogP contribution in [0.15, 0.2) is 22.3 Å². The summed E-state index contributed by atoms with van der Waals surface area (Å²) in [6.45, 7) is 1.37. The van der Waals surface area contributed by atoms with Crippen molar-refractivity contribution in [1.29, 1.82) is 0 Å². The van der Waals surface area contributed by atoms with Crippen LogP contribution in [0.1, 0.15) is 6.92 Å². The van der Waals surface area contributed by atoms with E-state index in [9.17, 15) is 9.59 Å². The van der Waals surface area contributed by atoms with Crippen molar-refractivity contribution in [3.05, 3.63) is 12.3 Å². The summed E-state index contributed by atoms with van der Waals surface area (Å²) in [4.78, 5) is 31.3. The Balaban J connectivity index is 2.38. The van der Waals surface area contributed by atoms with Crippen molar-refractivity contribution in [2.45, 2.75) is 13.0 Å². The molecule has 2 aliphatic heterocycles. The summed E-state index contributed by atoms with van der Waals surface area (Å²) < 4.78 is 0. The molecule has 0 aromatic rings. The fourth-order valence-electron chi connectivity index (χ4n) is 1.31. The molecule has 13 heavy (non-hydrogen) atoms. The second-order valence-electron chi connectivity index (χ2n) is 2.79. The smallest absolute Gasteiger partial charge is 0.279 e. The van der Waals surface area contributed by atoms with E-state index in [1.165, 1.54) is 18.0 Å². The highest BCUT2D eigenvalue weighted by Gasteiger charge is 2.37. The van der Waals surface area contributed by atoms with E-state index in [0.717, 1.165) is 0 Å². The molecule has 66 valence electrons. The van der Waals surface area contributed by atoms with Crippen molar-refractivity contribution in [2.24, 2.45) is 9.98 Å². The summed E-state index contributed by atoms with van der Waals surface area (Å²) in [6.07, 6.45) is 4.82. The van der Waals surface area contributed by atoms with Crippen LogP contribution in [0.4, 0.5) is 0 Å². The molecule has 0 radical (unpaired) electrons. The third-order valence-electron chi connectivity index (χ3n) is 1.86. The number of rotatable bonds is 1. The molecule has 5 heteroatoms. The molecule has 0 N–H and O–H groups in total. The number of carbonyl (C=O) groups excluding carboxylic acids is 2. The van der Waals surface area contributed by atoms with Gasteiger partial charge in [-0.1, -0.05) is 0 Å². The van der Waals surface area contributed by atoms with Gasteiger partial charge < -0.3 is 0 Å². The molecule has 0 aromatic carbocycles. The Morgan fingerprint density at radius 3 is 3.08 bits per heavy atom. The lowest BCUT2D eigenvalue weighted by molar-refractivity contribution is -0.128. The van der Waals surface area contributed by atoms with Crippen molar-refractivity contribution in [3.8, 4) is 0 Å². The number of fused-ring (bicyclic) bond motifs is 1. The van der Waals surface area contributed by atoms with Crippen molar-refractivity contribution in [2.75, 3.05) is 0 Å². The Morgan fingerprint density at radius 2 is 2.38 bits per heavy atom. The number of nitrogens with zero attached hydrogens (tertiary/aromatic N) is 3. The van der Waals surface area contributed by atoms with Crippen LogP contribution in [0.5, 0.6) is 0 Å². The number of amides is 1. The Morgan fingerprint density at radius 1 is 1.62 bits per heavy atom. The van der Waals surface area contributed by atoms with Gasteiger partial charge in [-0.05, 0) is 13.0 Å². The normalized spacial score (nSPS) is 24.7. The van der Waals surface area contributed by atoms with Gasteiger partial charge in [-0.15, -0.1) is 0 Å². The summed E-state index contributed by atoms with van der Waals surface area (Å²) >= 11 is 0. The van der Waals surface area contributed by atoms with Gasteiger partial charge in [-0.3, -0.25) is 14.5 Å². The maximum absolute atomic E-state index is 11.2. The Hall–Kier alpha value is -1.78. The monoisotopic (exact) mass is 177 g/mol. The average molecular weight is 177 g/mol. The second-order valence-corrected chi connectivity index (χ2v) is 2.79. The summed E-state index contributed by atoms with van der Waals surface area (Å²) in [7, 11) is 0. The van der Waals surface area contributed by atoms with E-state index >= 15 is 0 Å². The van der Waals surface area contributed by atoms with Crippen molar-refractivity contribution < 1.29 is 9.59 Å². The first-order chi connectivity index (χ1) is 6.20. The van der Waals surface area contributed by atoms with Crippen LogP contribution in [0.2, 0.25) is 0 Å². The minimum atomic E-state index is -0.802. The van der Waals surface area contributed by atoms with Crippen LogP contribution >= 0.6 is 0 Å². The first kappa shape index (κ1) is 7.85. The minimum Gasteiger partial charge on any atom is -0.297 e. The summed E-state index contributed by atoms with van der Waals surface area (Å²) in [6, 6.07) is -0.802. The molecule has 1 amide bonds. The number of aliphatic imine (C=N–C) groups is 2. The molecular formula is C8H7N3O2. The number of Topliss-reactive ketones (excluding diaryl/α,β-unsaturated/α-hetero) is 1. The van der Waals surface area contributed by atoms with E-state index < -0.39 is 11.9 Å². The summed E-state index contributed by atoms with van der Waals surface area (Å²) in [5, 5.41) is 0. The number of carbonyl (C=O) groups is 2. The van der Waals surface area contributed by atoms with E-state index in [4.69, 9.17) is 0 Å². The third kappa shape index (κ3) is 1.09. The van der Waals surface area contributed by atoms with E-state index in [1.54, 1.807) is 12.3 Å². The SMILES string of the molecule is CC(=O)[C@@H]1C(=O)N=C2N=CC=CN21. The number of allylic oxidation sites excluding steroid dienone is 1. The molecule has 0 spiro atoms. The molecule has 0 unspecified atom stereocenters. The van der Waals surface area contributed by atoms with Crippen molar-refractivity contribution in [1.82, 2.24) is 4.90 Å². The third-order valence-corrected chi connectivity index (χ3v) is 1.86. The fourth-order valence-corrected chi connectivity index (χ4v) is 1.31. The van der Waals surface area contributed by atoms with Gasteiger partial charge in [-0.25, -0.2) is 4.99 Å². The molecule has 0 bridgehead atoms. The highest BCUT2D eigenvalue weighted by atomic mass is 16.2. The number of guanidine groups is 1. The standard InChI is InChI=1S/C8H7N3O2/c1-5(12)6-7(13)10-8-9-3-2-4-11(6)8/h2-4,6H,1H3/t6-/m1/s1. The van der Waals surface area contributed by atoms with Crippen LogP contribution in [-0.4, -0.2) is 34.8 Å². The zero-order chi connectivity index (χ0) is 9.42. The van der Waals surface area contributed by atoms with Crippen LogP contribution in [0.3, 0.4) is 0 Å². The first-order valence-corrected chi connectivity index (χ1v) is 3.82. The quantitative estimate of drug-likeness (QED) is 0.518. The number of hydrogen-bond donors (Lipinski definition) is 0. The van der Waals surface area contributed by atoms with Gasteiger partial charge in [0.05, 0.1) is 0 Å². The molecular weight excluding hydrogens is 170 g/mol. The van der Waals surface area contributed by atoms with E-state index in [0.29, 0.717) is 5.96 Å². The first-order valence-electron chi connectivity index (χ1n) is 3.82. The Bertz CT molecular complexity index is 368. The number of ketones is 1. The van der Waals surface area contributed by atoms with Gasteiger partial charge in [-0.2, -0.15) is 4.99 Å². The molecule has 0 saturated carbocycles. The lowest BCUT2D eigenvalue weighted by atomic mass is 10.2. The maximum Gasteiger partial charge on any atom is 0.279 e. The molecule has 0 fully saturated rings. The zero-order valence-corrected chi connectivity index (χ0v) is 6.97. The van der Waals surface area contributed by atoms with Crippen molar-refractivity contribution >= 4 is 23.9 Å². The Labute approximate surface area is 74.5 Å². The topological polar surface area (TPSA) is 62.1 Å². The van der Waals surface area contributed by atoms with Crippen LogP contribution in [0.25, 0.3) is 0 Å². The van der Waals surface area contributed by atoms with Crippen LogP contribution < -0.4 is 0 Å². The largest absolute Gasteiger partial charge is 0.297 e. The Kier molecular flexibility index (Phi) is 1.58. The zero-order valence-electron chi connectivity index (χ0n) is 6.97. The molecule has 5 nitrogen and oxygen atoms in total. The summed E-state index contributed by atoms with van der Waals surface area (Å²) in [5.41, 5.74) is 0. The van der Waals surface area contributed by atoms with Crippen LogP contribution in [0, 0.1) is 0 Å². The molecule has 2 aliphatic rings. The average Bonchev–Trinajstić information content (AvgIpc) is 2.39. The minimum absolute atomic E-state index is 0.217. The molecule has 0 aromatic heterocycles. The molecule has 0 saturated heterocycles. The van der Waals surface area contributed by atoms with E-state index in [2.05, 4.69) is 9.98 Å².